The summed E-state index contributed by atoms with van der Waals surface area (Å²) in [6, 6.07) is 13.6. The molecule has 1 N–H and O–H groups in total. The van der Waals surface area contributed by atoms with Crippen LogP contribution in [-0.4, -0.2) is 18.6 Å². The van der Waals surface area contributed by atoms with Gasteiger partial charge in [0.15, 0.2) is 0 Å². The van der Waals surface area contributed by atoms with Gasteiger partial charge in [0.05, 0.1) is 39.1 Å². The largest absolute Gasteiger partial charge is 0.456 e. The van der Waals surface area contributed by atoms with Crippen molar-refractivity contribution in [1.29, 1.82) is 10.5 Å². The summed E-state index contributed by atoms with van der Waals surface area (Å²) in [5, 5.41) is 25.7. The Balaban J connectivity index is 1.89. The number of ether oxygens (including phenoxy) is 1. The molecule has 0 saturated carbocycles. The first-order valence-corrected chi connectivity index (χ1v) is 9.50. The lowest BCUT2D eigenvalue weighted by Crippen LogP contribution is -2.13. The van der Waals surface area contributed by atoms with Crippen LogP contribution in [-0.2, 0) is 10.0 Å². The smallest absolute Gasteiger partial charge is 0.261 e. The summed E-state index contributed by atoms with van der Waals surface area (Å²) in [7, 11) is -3.93. The zero-order valence-corrected chi connectivity index (χ0v) is 15.6. The highest BCUT2D eigenvalue weighted by Crippen LogP contribution is 2.30. The summed E-state index contributed by atoms with van der Waals surface area (Å²) < 4.78 is 33.0. The number of nitrogens with zero attached hydrogens (tertiary/aromatic N) is 4. The van der Waals surface area contributed by atoms with E-state index in [2.05, 4.69) is 14.9 Å². The van der Waals surface area contributed by atoms with Gasteiger partial charge in [0.25, 0.3) is 10.0 Å². The normalized spacial score (nSPS) is 10.5. The van der Waals surface area contributed by atoms with Crippen molar-refractivity contribution in [2.24, 2.45) is 0 Å². The predicted octanol–water partition coefficient (Wildman–Crippen LogP) is 3.47. The molecule has 1 heterocycles. The lowest BCUT2D eigenvalue weighted by molar-refractivity contribution is 0.480. The Morgan fingerprint density at radius 3 is 2.43 bits per heavy atom. The van der Waals surface area contributed by atoms with Gasteiger partial charge in [-0.25, -0.2) is 8.42 Å². The standard InChI is InChI=1S/C18H10ClN5O3S/c19-17-8-15(2-1-12(17)9-20)27-18-4-3-16(7-13(18)10-21)28(25,26)24-14-5-6-22-23-11-14/h1-8,11H,(H,22,24). The predicted molar refractivity (Wildman–Crippen MR) is 100 cm³/mol. The van der Waals surface area contributed by atoms with E-state index < -0.39 is 10.0 Å². The number of halogens is 1. The topological polar surface area (TPSA) is 129 Å². The Kier molecular flexibility index (Phi) is 5.41. The minimum atomic E-state index is -3.93. The van der Waals surface area contributed by atoms with E-state index in [1.165, 1.54) is 54.9 Å². The van der Waals surface area contributed by atoms with Crippen LogP contribution in [0.5, 0.6) is 11.5 Å². The van der Waals surface area contributed by atoms with Gasteiger partial charge in [-0.05, 0) is 36.4 Å². The highest BCUT2D eigenvalue weighted by molar-refractivity contribution is 7.92. The molecule has 138 valence electrons. The molecule has 0 aliphatic carbocycles. The van der Waals surface area contributed by atoms with Crippen molar-refractivity contribution < 1.29 is 13.2 Å². The van der Waals surface area contributed by atoms with Crippen LogP contribution in [0.1, 0.15) is 11.1 Å². The summed E-state index contributed by atoms with van der Waals surface area (Å²) in [4.78, 5) is -0.119. The van der Waals surface area contributed by atoms with Crippen LogP contribution in [0.3, 0.4) is 0 Å². The molecule has 0 fully saturated rings. The van der Waals surface area contributed by atoms with Gasteiger partial charge < -0.3 is 4.74 Å². The van der Waals surface area contributed by atoms with E-state index in [4.69, 9.17) is 21.6 Å². The van der Waals surface area contributed by atoms with Crippen LogP contribution < -0.4 is 9.46 Å². The van der Waals surface area contributed by atoms with Crippen LogP contribution in [0, 0.1) is 22.7 Å². The van der Waals surface area contributed by atoms with E-state index >= 15 is 0 Å². The molecule has 2 aromatic carbocycles. The number of anilines is 1. The third kappa shape index (κ3) is 4.18. The molecule has 0 unspecified atom stereocenters. The fourth-order valence-electron chi connectivity index (χ4n) is 2.19. The fourth-order valence-corrected chi connectivity index (χ4v) is 3.48. The number of sulfonamides is 1. The summed E-state index contributed by atoms with van der Waals surface area (Å²) in [5.41, 5.74) is 0.532. The van der Waals surface area contributed by atoms with E-state index in [1.54, 1.807) is 0 Å². The van der Waals surface area contributed by atoms with E-state index in [1.807, 2.05) is 12.1 Å². The van der Waals surface area contributed by atoms with Crippen molar-refractivity contribution in [1.82, 2.24) is 10.2 Å². The molecular weight excluding hydrogens is 402 g/mol. The van der Waals surface area contributed by atoms with Gasteiger partial charge in [0, 0.05) is 6.07 Å². The molecule has 3 rings (SSSR count). The lowest BCUT2D eigenvalue weighted by atomic mass is 10.2. The third-order valence-electron chi connectivity index (χ3n) is 3.51. The second kappa shape index (κ2) is 7.92. The first-order chi connectivity index (χ1) is 13.4. The number of rotatable bonds is 5. The van der Waals surface area contributed by atoms with E-state index in [0.29, 0.717) is 5.75 Å². The monoisotopic (exact) mass is 411 g/mol. The molecule has 10 heteroatoms. The first kappa shape index (κ1) is 19.1. The third-order valence-corrected chi connectivity index (χ3v) is 5.20. The quantitative estimate of drug-likeness (QED) is 0.680. The molecular formula is C18H10ClN5O3S. The Hall–Kier alpha value is -3.66. The molecule has 0 radical (unpaired) electrons. The van der Waals surface area contributed by atoms with Gasteiger partial charge in [-0.2, -0.15) is 20.7 Å². The highest BCUT2D eigenvalue weighted by Gasteiger charge is 2.17. The average molecular weight is 412 g/mol. The van der Waals surface area contributed by atoms with Gasteiger partial charge >= 0.3 is 0 Å². The Morgan fingerprint density at radius 2 is 1.79 bits per heavy atom. The average Bonchev–Trinajstić information content (AvgIpc) is 2.69. The van der Waals surface area contributed by atoms with Crippen LogP contribution >= 0.6 is 11.6 Å². The Bertz CT molecular complexity index is 1220. The minimum absolute atomic E-state index is 0.0104. The van der Waals surface area contributed by atoms with Gasteiger partial charge in [-0.1, -0.05) is 11.6 Å². The van der Waals surface area contributed by atoms with Crippen LogP contribution in [0.4, 0.5) is 5.69 Å². The van der Waals surface area contributed by atoms with Crippen molar-refractivity contribution in [2.75, 3.05) is 4.72 Å². The molecule has 0 bridgehead atoms. The molecule has 0 aliphatic rings. The number of benzene rings is 2. The molecule has 0 atom stereocenters. The molecule has 0 spiro atoms. The Morgan fingerprint density at radius 1 is 1.00 bits per heavy atom. The van der Waals surface area contributed by atoms with E-state index in [9.17, 15) is 13.7 Å². The molecule has 0 aliphatic heterocycles. The molecule has 3 aromatic rings. The molecule has 8 nitrogen and oxygen atoms in total. The lowest BCUT2D eigenvalue weighted by Gasteiger charge is -2.11. The molecule has 28 heavy (non-hydrogen) atoms. The maximum Gasteiger partial charge on any atom is 0.261 e. The fraction of sp³-hybridized carbons (Fsp3) is 0. The number of aromatic nitrogens is 2. The molecule has 1 aromatic heterocycles. The van der Waals surface area contributed by atoms with E-state index in [-0.39, 0.29) is 32.5 Å². The van der Waals surface area contributed by atoms with Crippen LogP contribution in [0.25, 0.3) is 0 Å². The van der Waals surface area contributed by atoms with Gasteiger partial charge in [-0.3, -0.25) is 4.72 Å². The molecule has 0 saturated heterocycles. The van der Waals surface area contributed by atoms with Gasteiger partial charge in [-0.15, -0.1) is 0 Å². The number of hydrogen-bond acceptors (Lipinski definition) is 7. The zero-order chi connectivity index (χ0) is 20.1. The van der Waals surface area contributed by atoms with Crippen molar-refractivity contribution in [2.45, 2.75) is 4.90 Å². The number of hydrogen-bond donors (Lipinski definition) is 1. The second-order valence-corrected chi connectivity index (χ2v) is 7.45. The van der Waals surface area contributed by atoms with Crippen molar-refractivity contribution in [3.63, 3.8) is 0 Å². The summed E-state index contributed by atoms with van der Waals surface area (Å²) in [6.07, 6.45) is 2.60. The molecule has 0 amide bonds. The minimum Gasteiger partial charge on any atom is -0.456 e. The number of nitriles is 2. The Labute approximate surface area is 165 Å². The van der Waals surface area contributed by atoms with Crippen molar-refractivity contribution in [3.05, 3.63) is 71.0 Å². The van der Waals surface area contributed by atoms with Crippen molar-refractivity contribution >= 4 is 27.3 Å². The first-order valence-electron chi connectivity index (χ1n) is 7.64. The maximum atomic E-state index is 12.5. The zero-order valence-electron chi connectivity index (χ0n) is 14.0. The second-order valence-electron chi connectivity index (χ2n) is 5.36. The maximum absolute atomic E-state index is 12.5. The van der Waals surface area contributed by atoms with Crippen molar-refractivity contribution in [3.8, 4) is 23.6 Å². The number of nitrogens with one attached hydrogen (secondary N) is 1. The van der Waals surface area contributed by atoms with Gasteiger partial charge in [0.2, 0.25) is 0 Å². The van der Waals surface area contributed by atoms with Crippen LogP contribution in [0.2, 0.25) is 5.02 Å². The summed E-state index contributed by atoms with van der Waals surface area (Å²) in [6.45, 7) is 0. The summed E-state index contributed by atoms with van der Waals surface area (Å²) in [5.74, 6) is 0.449. The SMILES string of the molecule is N#Cc1ccc(Oc2ccc(S(=O)(=O)Nc3ccnnc3)cc2C#N)cc1Cl. The van der Waals surface area contributed by atoms with Gasteiger partial charge in [0.1, 0.15) is 23.6 Å². The summed E-state index contributed by atoms with van der Waals surface area (Å²) >= 11 is 5.97. The highest BCUT2D eigenvalue weighted by atomic mass is 35.5. The van der Waals surface area contributed by atoms with E-state index in [0.717, 1.165) is 0 Å². The van der Waals surface area contributed by atoms with Crippen LogP contribution in [0.15, 0.2) is 59.8 Å².